The van der Waals surface area contributed by atoms with Gasteiger partial charge in [0.05, 0.1) is 7.11 Å². The summed E-state index contributed by atoms with van der Waals surface area (Å²) in [5, 5.41) is 0. The molecular formula is C26H35FN2O3. The van der Waals surface area contributed by atoms with Crippen molar-refractivity contribution in [2.75, 3.05) is 40.5 Å². The van der Waals surface area contributed by atoms with Crippen LogP contribution in [0.4, 0.5) is 4.39 Å². The van der Waals surface area contributed by atoms with Crippen LogP contribution in [0, 0.1) is 18.7 Å². The fourth-order valence-corrected chi connectivity index (χ4v) is 4.73. The Morgan fingerprint density at radius 3 is 2.62 bits per heavy atom. The van der Waals surface area contributed by atoms with Gasteiger partial charge in [-0.3, -0.25) is 9.69 Å². The molecule has 5 nitrogen and oxygen atoms in total. The van der Waals surface area contributed by atoms with Gasteiger partial charge in [-0.05, 0) is 44.4 Å². The van der Waals surface area contributed by atoms with Gasteiger partial charge in [0, 0.05) is 50.8 Å². The predicted octanol–water partition coefficient (Wildman–Crippen LogP) is 4.24. The first-order valence-corrected chi connectivity index (χ1v) is 11.2. The van der Waals surface area contributed by atoms with Crippen LogP contribution >= 0.6 is 0 Å². The second-order valence-electron chi connectivity index (χ2n) is 8.97. The minimum atomic E-state index is -0.174. The molecule has 0 N–H and O–H groups in total. The fraction of sp³-hybridized carbons (Fsp3) is 0.500. The number of methoxy groups -OCH3 is 2. The summed E-state index contributed by atoms with van der Waals surface area (Å²) < 4.78 is 25.2. The topological polar surface area (TPSA) is 42.0 Å². The maximum Gasteiger partial charge on any atom is 0.248 e. The molecule has 1 fully saturated rings. The van der Waals surface area contributed by atoms with Crippen LogP contribution in [-0.4, -0.2) is 62.2 Å². The number of benzene rings is 2. The smallest absolute Gasteiger partial charge is 0.248 e. The standard InChI is InChI=1S/C26H35FN2O3/c1-18(2)29(26(30)17-31-4)15-21-14-28(13-20-12-19(3)10-11-24(20)27)16-23(21)22-8-6-7-9-25(22)32-5/h6-12,18,21,23H,13-17H2,1-5H3. The zero-order valence-corrected chi connectivity index (χ0v) is 19.8. The highest BCUT2D eigenvalue weighted by Crippen LogP contribution is 2.38. The van der Waals surface area contributed by atoms with Crippen LogP contribution in [0.15, 0.2) is 42.5 Å². The minimum Gasteiger partial charge on any atom is -0.496 e. The van der Waals surface area contributed by atoms with Crippen molar-refractivity contribution in [1.82, 2.24) is 9.80 Å². The number of aryl methyl sites for hydroxylation is 1. The molecule has 1 amide bonds. The second kappa shape index (κ2) is 10.9. The van der Waals surface area contributed by atoms with Crippen molar-refractivity contribution < 1.29 is 18.7 Å². The van der Waals surface area contributed by atoms with E-state index in [4.69, 9.17) is 9.47 Å². The van der Waals surface area contributed by atoms with E-state index in [1.807, 2.05) is 49.9 Å². The molecule has 2 aromatic rings. The van der Waals surface area contributed by atoms with Gasteiger partial charge in [-0.2, -0.15) is 0 Å². The molecule has 6 heteroatoms. The molecule has 2 aromatic carbocycles. The zero-order valence-electron chi connectivity index (χ0n) is 19.8. The molecule has 1 aliphatic heterocycles. The summed E-state index contributed by atoms with van der Waals surface area (Å²) >= 11 is 0. The SMILES string of the molecule is COCC(=O)N(CC1CN(Cc2cc(C)ccc2F)CC1c1ccccc1OC)C(C)C. The average Bonchev–Trinajstić information content (AvgIpc) is 3.16. The largest absolute Gasteiger partial charge is 0.496 e. The summed E-state index contributed by atoms with van der Waals surface area (Å²) in [6, 6.07) is 13.4. The van der Waals surface area contributed by atoms with Crippen molar-refractivity contribution in [2.24, 2.45) is 5.92 Å². The first-order valence-electron chi connectivity index (χ1n) is 11.2. The van der Waals surface area contributed by atoms with Crippen LogP contribution in [0.3, 0.4) is 0 Å². The molecule has 1 heterocycles. The Balaban J connectivity index is 1.88. The van der Waals surface area contributed by atoms with Crippen LogP contribution in [0.1, 0.15) is 36.5 Å². The highest BCUT2D eigenvalue weighted by atomic mass is 19.1. The molecule has 32 heavy (non-hydrogen) atoms. The molecule has 0 aliphatic carbocycles. The zero-order chi connectivity index (χ0) is 23.3. The van der Waals surface area contributed by atoms with E-state index < -0.39 is 0 Å². The van der Waals surface area contributed by atoms with Crippen LogP contribution in [0.2, 0.25) is 0 Å². The van der Waals surface area contributed by atoms with Crippen LogP contribution < -0.4 is 4.74 Å². The number of halogens is 1. The number of carbonyl (C=O) groups is 1. The van der Waals surface area contributed by atoms with Crippen molar-refractivity contribution in [3.63, 3.8) is 0 Å². The first-order chi connectivity index (χ1) is 15.3. The summed E-state index contributed by atoms with van der Waals surface area (Å²) in [5.74, 6) is 1.04. The highest BCUT2D eigenvalue weighted by molar-refractivity contribution is 5.77. The van der Waals surface area contributed by atoms with Gasteiger partial charge in [0.15, 0.2) is 0 Å². The van der Waals surface area contributed by atoms with E-state index in [2.05, 4.69) is 11.0 Å². The van der Waals surface area contributed by atoms with Gasteiger partial charge < -0.3 is 14.4 Å². The molecule has 0 bridgehead atoms. The van der Waals surface area contributed by atoms with E-state index in [1.54, 1.807) is 26.4 Å². The molecular weight excluding hydrogens is 407 g/mol. The third-order valence-corrected chi connectivity index (χ3v) is 6.29. The Bertz CT molecular complexity index is 918. The van der Waals surface area contributed by atoms with Gasteiger partial charge in [-0.1, -0.05) is 35.9 Å². The third kappa shape index (κ3) is 5.67. The highest BCUT2D eigenvalue weighted by Gasteiger charge is 2.37. The summed E-state index contributed by atoms with van der Waals surface area (Å²) in [4.78, 5) is 16.9. The van der Waals surface area contributed by atoms with Crippen molar-refractivity contribution >= 4 is 5.91 Å². The number of hydrogen-bond acceptors (Lipinski definition) is 4. The van der Waals surface area contributed by atoms with Crippen molar-refractivity contribution in [3.05, 3.63) is 65.0 Å². The number of amides is 1. The number of ether oxygens (including phenoxy) is 2. The quantitative estimate of drug-likeness (QED) is 0.583. The summed E-state index contributed by atoms with van der Waals surface area (Å²) in [7, 11) is 3.23. The Labute approximate surface area is 191 Å². The van der Waals surface area contributed by atoms with Crippen molar-refractivity contribution in [3.8, 4) is 5.75 Å². The second-order valence-corrected chi connectivity index (χ2v) is 8.97. The van der Waals surface area contributed by atoms with Crippen molar-refractivity contribution in [1.29, 1.82) is 0 Å². The van der Waals surface area contributed by atoms with Crippen molar-refractivity contribution in [2.45, 2.75) is 39.3 Å². The molecule has 2 unspecified atom stereocenters. The van der Waals surface area contributed by atoms with E-state index in [1.165, 1.54) is 0 Å². The minimum absolute atomic E-state index is 0.00976. The Hall–Kier alpha value is -2.44. The van der Waals surface area contributed by atoms with E-state index in [-0.39, 0.29) is 36.2 Å². The Kier molecular flexibility index (Phi) is 8.26. The van der Waals surface area contributed by atoms with Gasteiger partial charge in [0.2, 0.25) is 5.91 Å². The molecule has 0 saturated carbocycles. The summed E-state index contributed by atoms with van der Waals surface area (Å²) in [5.41, 5.74) is 2.89. The van der Waals surface area contributed by atoms with Gasteiger partial charge in [-0.15, -0.1) is 0 Å². The van der Waals surface area contributed by atoms with Gasteiger partial charge in [-0.25, -0.2) is 4.39 Å². The van der Waals surface area contributed by atoms with E-state index >= 15 is 0 Å². The van der Waals surface area contributed by atoms with Gasteiger partial charge in [0.25, 0.3) is 0 Å². The molecule has 0 spiro atoms. The van der Waals surface area contributed by atoms with E-state index in [9.17, 15) is 9.18 Å². The average molecular weight is 443 g/mol. The molecule has 0 radical (unpaired) electrons. The third-order valence-electron chi connectivity index (χ3n) is 6.29. The molecule has 1 saturated heterocycles. The predicted molar refractivity (Wildman–Crippen MR) is 124 cm³/mol. The number of para-hydroxylation sites is 1. The van der Waals surface area contributed by atoms with Crippen LogP contribution in [0.25, 0.3) is 0 Å². The normalized spacial score (nSPS) is 18.8. The first kappa shape index (κ1) is 24.2. The van der Waals surface area contributed by atoms with Gasteiger partial charge in [0.1, 0.15) is 18.2 Å². The molecule has 0 aromatic heterocycles. The van der Waals surface area contributed by atoms with Crippen LogP contribution in [-0.2, 0) is 16.1 Å². The lowest BCUT2D eigenvalue weighted by atomic mass is 9.87. The number of hydrogen-bond donors (Lipinski definition) is 0. The number of likely N-dealkylation sites (tertiary alicyclic amines) is 1. The lowest BCUT2D eigenvalue weighted by molar-refractivity contribution is -0.137. The summed E-state index contributed by atoms with van der Waals surface area (Å²) in [6.45, 7) is 8.83. The fourth-order valence-electron chi connectivity index (χ4n) is 4.73. The van der Waals surface area contributed by atoms with Gasteiger partial charge >= 0.3 is 0 Å². The lowest BCUT2D eigenvalue weighted by Crippen LogP contribution is -2.43. The maximum absolute atomic E-state index is 14.5. The molecule has 174 valence electrons. The molecule has 1 aliphatic rings. The maximum atomic E-state index is 14.5. The monoisotopic (exact) mass is 442 g/mol. The Morgan fingerprint density at radius 2 is 1.94 bits per heavy atom. The van der Waals surface area contributed by atoms with E-state index in [0.717, 1.165) is 30.0 Å². The van der Waals surface area contributed by atoms with Crippen LogP contribution in [0.5, 0.6) is 5.75 Å². The lowest BCUT2D eigenvalue weighted by Gasteiger charge is -2.31. The molecule has 3 rings (SSSR count). The molecule has 2 atom stereocenters. The Morgan fingerprint density at radius 1 is 1.19 bits per heavy atom. The number of carbonyl (C=O) groups excluding carboxylic acids is 1. The summed E-state index contributed by atoms with van der Waals surface area (Å²) in [6.07, 6.45) is 0. The number of nitrogens with zero attached hydrogens (tertiary/aromatic N) is 2. The number of rotatable bonds is 9. The van der Waals surface area contributed by atoms with E-state index in [0.29, 0.717) is 18.7 Å².